The zero-order valence-electron chi connectivity index (χ0n) is 23.7. The van der Waals surface area contributed by atoms with E-state index in [9.17, 15) is 9.59 Å². The van der Waals surface area contributed by atoms with Gasteiger partial charge < -0.3 is 24.0 Å². The molecule has 3 aliphatic rings. The highest BCUT2D eigenvalue weighted by molar-refractivity contribution is 6.04. The highest BCUT2D eigenvalue weighted by Crippen LogP contribution is 2.31. The Bertz CT molecular complexity index is 1230. The van der Waals surface area contributed by atoms with Crippen LogP contribution in [0.3, 0.4) is 0 Å². The van der Waals surface area contributed by atoms with Gasteiger partial charge in [-0.2, -0.15) is 5.10 Å². The van der Waals surface area contributed by atoms with Crippen molar-refractivity contribution in [3.05, 3.63) is 48.0 Å². The van der Waals surface area contributed by atoms with Crippen LogP contribution < -0.4 is 19.1 Å². The number of anilines is 1. The van der Waals surface area contributed by atoms with E-state index in [2.05, 4.69) is 15.9 Å². The largest absolute Gasteiger partial charge is 0.495 e. The molecule has 2 saturated heterocycles. The van der Waals surface area contributed by atoms with Gasteiger partial charge >= 0.3 is 0 Å². The molecule has 2 amide bonds. The lowest BCUT2D eigenvalue weighted by Gasteiger charge is -2.39. The summed E-state index contributed by atoms with van der Waals surface area (Å²) < 4.78 is 16.3. The van der Waals surface area contributed by atoms with Gasteiger partial charge in [-0.15, -0.1) is 0 Å². The van der Waals surface area contributed by atoms with E-state index in [1.807, 2.05) is 41.3 Å². The molecule has 0 unspecified atom stereocenters. The van der Waals surface area contributed by atoms with Crippen molar-refractivity contribution in [2.75, 3.05) is 72.0 Å². The standard InChI is InChI=1S/C30H39N5O5/c1-38-26-7-5-4-6-25(26)33-18-16-32(17-19-33)21-30(37)34-14-12-23(13-15-34)35-29(36)11-9-24(31-35)22-8-10-27(39-2)28(20-22)40-3/h4-8,10,20,23H,9,11-19,21H2,1-3H3. The number of amides is 2. The number of carbonyl (C=O) groups excluding carboxylic acids is 2. The van der Waals surface area contributed by atoms with Gasteiger partial charge in [0.05, 0.1) is 45.3 Å². The molecule has 0 aromatic heterocycles. The quantitative estimate of drug-likeness (QED) is 0.501. The second-order valence-corrected chi connectivity index (χ2v) is 10.4. The maximum absolute atomic E-state index is 13.1. The molecule has 10 heteroatoms. The third-order valence-electron chi connectivity index (χ3n) is 8.10. The van der Waals surface area contributed by atoms with Crippen LogP contribution in [0.5, 0.6) is 17.2 Å². The summed E-state index contributed by atoms with van der Waals surface area (Å²) in [4.78, 5) is 32.4. The molecule has 0 spiro atoms. The van der Waals surface area contributed by atoms with Crippen LogP contribution in [0.4, 0.5) is 5.69 Å². The molecule has 5 rings (SSSR count). The molecule has 10 nitrogen and oxygen atoms in total. The van der Waals surface area contributed by atoms with Gasteiger partial charge in [-0.3, -0.25) is 14.5 Å². The Kier molecular flexibility index (Phi) is 8.74. The molecule has 0 atom stereocenters. The minimum absolute atomic E-state index is 0.00334. The Morgan fingerprint density at radius 2 is 1.55 bits per heavy atom. The molecule has 3 aliphatic heterocycles. The normalized spacial score (nSPS) is 18.9. The van der Waals surface area contributed by atoms with Crippen molar-refractivity contribution in [1.82, 2.24) is 14.8 Å². The Morgan fingerprint density at radius 1 is 0.850 bits per heavy atom. The van der Waals surface area contributed by atoms with Crippen LogP contribution in [0.2, 0.25) is 0 Å². The number of hydrogen-bond donors (Lipinski definition) is 0. The Labute approximate surface area is 236 Å². The van der Waals surface area contributed by atoms with Gasteiger partial charge in [0.15, 0.2) is 11.5 Å². The van der Waals surface area contributed by atoms with E-state index in [1.165, 1.54) is 0 Å². The molecule has 0 aliphatic carbocycles. The summed E-state index contributed by atoms with van der Waals surface area (Å²) >= 11 is 0. The molecule has 2 aromatic rings. The number of carbonyl (C=O) groups is 2. The predicted octanol–water partition coefficient (Wildman–Crippen LogP) is 2.85. The lowest BCUT2D eigenvalue weighted by Crippen LogP contribution is -2.52. The molecule has 2 aromatic carbocycles. The summed E-state index contributed by atoms with van der Waals surface area (Å²) in [6, 6.07) is 13.8. The minimum Gasteiger partial charge on any atom is -0.495 e. The molecule has 0 radical (unpaired) electrons. The van der Waals surface area contributed by atoms with E-state index >= 15 is 0 Å². The Hall–Kier alpha value is -3.79. The van der Waals surface area contributed by atoms with Crippen LogP contribution in [0.1, 0.15) is 31.2 Å². The van der Waals surface area contributed by atoms with Gasteiger partial charge in [-0.05, 0) is 43.2 Å². The highest BCUT2D eigenvalue weighted by atomic mass is 16.5. The van der Waals surface area contributed by atoms with Gasteiger partial charge in [-0.25, -0.2) is 5.01 Å². The topological polar surface area (TPSA) is 87.2 Å². The molecule has 40 heavy (non-hydrogen) atoms. The highest BCUT2D eigenvalue weighted by Gasteiger charge is 2.33. The summed E-state index contributed by atoms with van der Waals surface area (Å²) in [7, 11) is 4.91. The maximum Gasteiger partial charge on any atom is 0.243 e. The van der Waals surface area contributed by atoms with E-state index in [-0.39, 0.29) is 17.9 Å². The monoisotopic (exact) mass is 549 g/mol. The fourth-order valence-corrected chi connectivity index (χ4v) is 5.77. The van der Waals surface area contributed by atoms with Crippen LogP contribution in [0, 0.1) is 0 Å². The average Bonchev–Trinajstić information content (AvgIpc) is 3.01. The number of ether oxygens (including phenoxy) is 3. The first-order valence-electron chi connectivity index (χ1n) is 14.0. The average molecular weight is 550 g/mol. The lowest BCUT2D eigenvalue weighted by atomic mass is 10.0. The van der Waals surface area contributed by atoms with Gasteiger partial charge in [0.2, 0.25) is 11.8 Å². The second-order valence-electron chi connectivity index (χ2n) is 10.4. The summed E-state index contributed by atoms with van der Waals surface area (Å²) in [6.07, 6.45) is 2.46. The number of likely N-dealkylation sites (tertiary alicyclic amines) is 1. The summed E-state index contributed by atoms with van der Waals surface area (Å²) in [5, 5.41) is 6.44. The minimum atomic E-state index is -0.00334. The summed E-state index contributed by atoms with van der Waals surface area (Å²) in [5.41, 5.74) is 2.89. The van der Waals surface area contributed by atoms with Crippen molar-refractivity contribution in [2.45, 2.75) is 31.7 Å². The van der Waals surface area contributed by atoms with Crippen LogP contribution >= 0.6 is 0 Å². The number of rotatable bonds is 8. The third-order valence-corrected chi connectivity index (χ3v) is 8.10. The van der Waals surface area contributed by atoms with Crippen molar-refractivity contribution in [3.63, 3.8) is 0 Å². The zero-order valence-corrected chi connectivity index (χ0v) is 23.7. The van der Waals surface area contributed by atoms with E-state index in [4.69, 9.17) is 19.3 Å². The van der Waals surface area contributed by atoms with Gasteiger partial charge in [-0.1, -0.05) is 12.1 Å². The van der Waals surface area contributed by atoms with Gasteiger partial charge in [0.25, 0.3) is 0 Å². The molecular weight excluding hydrogens is 510 g/mol. The van der Waals surface area contributed by atoms with Crippen LogP contribution in [0.25, 0.3) is 0 Å². The van der Waals surface area contributed by atoms with Gasteiger partial charge in [0, 0.05) is 57.7 Å². The zero-order chi connectivity index (χ0) is 28.1. The number of methoxy groups -OCH3 is 3. The number of hydrogen-bond acceptors (Lipinski definition) is 8. The van der Waals surface area contributed by atoms with E-state index in [0.29, 0.717) is 44.0 Å². The Morgan fingerprint density at radius 3 is 2.25 bits per heavy atom. The third kappa shape index (κ3) is 6.01. The predicted molar refractivity (Wildman–Crippen MR) is 153 cm³/mol. The number of nitrogens with zero attached hydrogens (tertiary/aromatic N) is 5. The summed E-state index contributed by atoms with van der Waals surface area (Å²) in [5.74, 6) is 2.37. The first kappa shape index (κ1) is 27.8. The van der Waals surface area contributed by atoms with Crippen molar-refractivity contribution < 1.29 is 23.8 Å². The molecule has 214 valence electrons. The first-order chi connectivity index (χ1) is 19.5. The number of para-hydroxylation sites is 2. The number of benzene rings is 2. The van der Waals surface area contributed by atoms with E-state index in [0.717, 1.165) is 61.7 Å². The first-order valence-corrected chi connectivity index (χ1v) is 14.0. The van der Waals surface area contributed by atoms with Crippen molar-refractivity contribution in [3.8, 4) is 17.2 Å². The van der Waals surface area contributed by atoms with E-state index < -0.39 is 0 Å². The van der Waals surface area contributed by atoms with Crippen LogP contribution in [0.15, 0.2) is 47.6 Å². The van der Waals surface area contributed by atoms with Crippen molar-refractivity contribution in [1.29, 1.82) is 0 Å². The van der Waals surface area contributed by atoms with E-state index in [1.54, 1.807) is 26.3 Å². The van der Waals surface area contributed by atoms with Crippen molar-refractivity contribution in [2.24, 2.45) is 5.10 Å². The molecular formula is C30H39N5O5. The van der Waals surface area contributed by atoms with Crippen LogP contribution in [-0.2, 0) is 9.59 Å². The summed E-state index contributed by atoms with van der Waals surface area (Å²) in [6.45, 7) is 5.06. The fraction of sp³-hybridized carbons (Fsp3) is 0.500. The lowest BCUT2D eigenvalue weighted by molar-refractivity contribution is -0.137. The Balaban J connectivity index is 1.14. The molecule has 3 heterocycles. The molecule has 2 fully saturated rings. The van der Waals surface area contributed by atoms with Crippen molar-refractivity contribution >= 4 is 23.2 Å². The second kappa shape index (κ2) is 12.6. The number of hydrazone groups is 1. The number of piperazine rings is 1. The number of piperidine rings is 1. The molecule has 0 bridgehead atoms. The molecule has 0 N–H and O–H groups in total. The maximum atomic E-state index is 13.1. The SMILES string of the molecule is COc1ccc(C2=NN(C3CCN(C(=O)CN4CCN(c5ccccc5OC)CC4)CC3)C(=O)CC2)cc1OC. The van der Waals surface area contributed by atoms with Crippen LogP contribution in [-0.4, -0.2) is 106 Å². The fourth-order valence-electron chi connectivity index (χ4n) is 5.77. The molecule has 0 saturated carbocycles. The van der Waals surface area contributed by atoms with Gasteiger partial charge in [0.1, 0.15) is 5.75 Å². The smallest absolute Gasteiger partial charge is 0.243 e.